The van der Waals surface area contributed by atoms with E-state index in [9.17, 15) is 13.2 Å². The monoisotopic (exact) mass is 511 g/mol. The normalized spacial score (nSPS) is 31.8. The SMILES string of the molecule is C[C@H]1CNCCN1C(=O)OC1([C@H]2COC[C@](C)(CC3CC3)N2S(=O)(=O)c2ccc(Cl)cc2)CC1. The van der Waals surface area contributed by atoms with Crippen LogP contribution in [0.15, 0.2) is 29.2 Å². The zero-order chi connectivity index (χ0) is 24.1. The largest absolute Gasteiger partial charge is 0.441 e. The maximum atomic E-state index is 14.1. The molecule has 8 nitrogen and oxygen atoms in total. The highest BCUT2D eigenvalue weighted by molar-refractivity contribution is 7.89. The number of piperazine rings is 1. The molecule has 1 aromatic carbocycles. The third-order valence-corrected chi connectivity index (χ3v) is 10.0. The Labute approximate surface area is 206 Å². The number of carbonyl (C=O) groups is 1. The van der Waals surface area contributed by atoms with Gasteiger partial charge in [-0.2, -0.15) is 4.31 Å². The number of halogens is 1. The zero-order valence-corrected chi connectivity index (χ0v) is 21.4. The highest BCUT2D eigenvalue weighted by atomic mass is 35.5. The van der Waals surface area contributed by atoms with Gasteiger partial charge in [0.15, 0.2) is 0 Å². The van der Waals surface area contributed by atoms with Crippen LogP contribution in [-0.2, 0) is 19.5 Å². The Bertz CT molecular complexity index is 1030. The number of carbonyl (C=O) groups excluding carboxylic acids is 1. The van der Waals surface area contributed by atoms with Crippen molar-refractivity contribution in [1.82, 2.24) is 14.5 Å². The lowest BCUT2D eigenvalue weighted by atomic mass is 9.91. The molecule has 2 saturated heterocycles. The molecule has 2 heterocycles. The predicted octanol–water partition coefficient (Wildman–Crippen LogP) is 3.25. The van der Waals surface area contributed by atoms with Crippen molar-refractivity contribution in [3.05, 3.63) is 29.3 Å². The number of benzene rings is 1. The van der Waals surface area contributed by atoms with Gasteiger partial charge in [-0.25, -0.2) is 13.2 Å². The summed E-state index contributed by atoms with van der Waals surface area (Å²) in [6.07, 6.45) is 3.82. The van der Waals surface area contributed by atoms with Crippen LogP contribution in [0.1, 0.15) is 46.0 Å². The van der Waals surface area contributed by atoms with Gasteiger partial charge in [-0.15, -0.1) is 0 Å². The summed E-state index contributed by atoms with van der Waals surface area (Å²) in [6, 6.07) is 5.74. The fraction of sp³-hybridized carbons (Fsp3) is 0.708. The third kappa shape index (κ3) is 4.57. The van der Waals surface area contributed by atoms with Gasteiger partial charge in [-0.05, 0) is 63.3 Å². The molecule has 0 radical (unpaired) electrons. The van der Waals surface area contributed by atoms with Crippen LogP contribution in [0.3, 0.4) is 0 Å². The number of nitrogens with one attached hydrogen (secondary N) is 1. The van der Waals surface area contributed by atoms with Crippen molar-refractivity contribution in [2.24, 2.45) is 5.92 Å². The van der Waals surface area contributed by atoms with Crippen LogP contribution in [0.4, 0.5) is 4.79 Å². The average Bonchev–Trinajstić information content (AvgIpc) is 3.72. The maximum Gasteiger partial charge on any atom is 0.410 e. The Kier molecular flexibility index (Phi) is 6.38. The number of amides is 1. The predicted molar refractivity (Wildman–Crippen MR) is 128 cm³/mol. The van der Waals surface area contributed by atoms with Crippen LogP contribution < -0.4 is 5.32 Å². The van der Waals surface area contributed by atoms with E-state index in [0.717, 1.165) is 25.8 Å². The van der Waals surface area contributed by atoms with Crippen LogP contribution in [0.25, 0.3) is 0 Å². The van der Waals surface area contributed by atoms with Gasteiger partial charge in [-0.1, -0.05) is 24.4 Å². The van der Waals surface area contributed by atoms with Crippen LogP contribution in [0.5, 0.6) is 0 Å². The number of sulfonamides is 1. The first kappa shape index (κ1) is 24.3. The molecular formula is C24H34ClN3O5S. The second-order valence-corrected chi connectivity index (χ2v) is 12.9. The summed E-state index contributed by atoms with van der Waals surface area (Å²) in [4.78, 5) is 15.1. The Morgan fingerprint density at radius 3 is 2.59 bits per heavy atom. The standard InChI is InChI=1S/C24H34ClN3O5S/c1-17-14-26-11-12-27(17)22(29)33-24(9-10-24)21-15-32-16-23(2,13-18-3-4-18)28(21)34(30,31)20-7-5-19(25)6-8-20/h5-8,17-18,21,26H,3-4,9-16H2,1-2H3/t17-,21+,23-/m0/s1. The van der Waals surface area contributed by atoms with Crippen molar-refractivity contribution in [3.8, 4) is 0 Å². The molecule has 34 heavy (non-hydrogen) atoms. The number of ether oxygens (including phenoxy) is 2. The zero-order valence-electron chi connectivity index (χ0n) is 19.8. The Hall–Kier alpha value is -1.39. The molecule has 2 aliphatic carbocycles. The Balaban J connectivity index is 1.48. The van der Waals surface area contributed by atoms with E-state index in [1.165, 1.54) is 0 Å². The molecule has 0 spiro atoms. The van der Waals surface area contributed by atoms with E-state index < -0.39 is 27.2 Å². The van der Waals surface area contributed by atoms with E-state index in [-0.39, 0.29) is 23.6 Å². The maximum absolute atomic E-state index is 14.1. The molecule has 1 N–H and O–H groups in total. The summed E-state index contributed by atoms with van der Waals surface area (Å²) in [5, 5.41) is 3.76. The molecule has 0 aromatic heterocycles. The van der Waals surface area contributed by atoms with Crippen molar-refractivity contribution in [1.29, 1.82) is 0 Å². The summed E-state index contributed by atoms with van der Waals surface area (Å²) in [6.45, 7) is 6.50. The van der Waals surface area contributed by atoms with E-state index in [2.05, 4.69) is 5.32 Å². The third-order valence-electron chi connectivity index (χ3n) is 7.68. The fourth-order valence-electron chi connectivity index (χ4n) is 5.51. The molecule has 4 fully saturated rings. The average molecular weight is 512 g/mol. The smallest absolute Gasteiger partial charge is 0.410 e. The molecule has 4 aliphatic rings. The van der Waals surface area contributed by atoms with Gasteiger partial charge in [0.05, 0.1) is 29.7 Å². The van der Waals surface area contributed by atoms with Gasteiger partial charge < -0.3 is 19.7 Å². The van der Waals surface area contributed by atoms with E-state index in [1.807, 2.05) is 13.8 Å². The minimum Gasteiger partial charge on any atom is -0.441 e. The molecular weight excluding hydrogens is 478 g/mol. The van der Waals surface area contributed by atoms with Crippen LogP contribution in [0, 0.1) is 5.92 Å². The summed E-state index contributed by atoms with van der Waals surface area (Å²) >= 11 is 6.04. The van der Waals surface area contributed by atoms with Crippen molar-refractivity contribution in [3.63, 3.8) is 0 Å². The molecule has 1 amide bonds. The van der Waals surface area contributed by atoms with Crippen molar-refractivity contribution < 1.29 is 22.7 Å². The minimum atomic E-state index is -3.89. The summed E-state index contributed by atoms with van der Waals surface area (Å²) in [5.74, 6) is 0.495. The molecule has 188 valence electrons. The molecule has 3 atom stereocenters. The van der Waals surface area contributed by atoms with Crippen molar-refractivity contribution in [2.45, 2.75) is 74.1 Å². The first-order valence-corrected chi connectivity index (χ1v) is 14.0. The molecule has 2 saturated carbocycles. The van der Waals surface area contributed by atoms with Gasteiger partial charge >= 0.3 is 6.09 Å². The lowest BCUT2D eigenvalue weighted by Crippen LogP contribution is -2.66. The first-order chi connectivity index (χ1) is 16.1. The van der Waals surface area contributed by atoms with E-state index in [0.29, 0.717) is 43.5 Å². The molecule has 2 aliphatic heterocycles. The summed E-state index contributed by atoms with van der Waals surface area (Å²) in [5.41, 5.74) is -1.58. The quantitative estimate of drug-likeness (QED) is 0.630. The topological polar surface area (TPSA) is 88.2 Å². The van der Waals surface area contributed by atoms with Crippen LogP contribution >= 0.6 is 11.6 Å². The Morgan fingerprint density at radius 1 is 1.26 bits per heavy atom. The Morgan fingerprint density at radius 2 is 1.97 bits per heavy atom. The molecule has 10 heteroatoms. The first-order valence-electron chi connectivity index (χ1n) is 12.2. The second kappa shape index (κ2) is 8.92. The highest BCUT2D eigenvalue weighted by Gasteiger charge is 2.63. The van der Waals surface area contributed by atoms with Crippen molar-refractivity contribution >= 4 is 27.7 Å². The van der Waals surface area contributed by atoms with Gasteiger partial charge in [0.2, 0.25) is 10.0 Å². The lowest BCUT2D eigenvalue weighted by molar-refractivity contribution is -0.106. The molecule has 1 aromatic rings. The number of nitrogens with zero attached hydrogens (tertiary/aromatic N) is 2. The van der Waals surface area contributed by atoms with Gasteiger partial charge in [0, 0.05) is 30.7 Å². The van der Waals surface area contributed by atoms with Gasteiger partial charge in [0.25, 0.3) is 0 Å². The molecule has 5 rings (SSSR count). The second-order valence-electron chi connectivity index (χ2n) is 10.6. The number of rotatable bonds is 6. The van der Waals surface area contributed by atoms with Gasteiger partial charge in [-0.3, -0.25) is 0 Å². The number of hydrogen-bond donors (Lipinski definition) is 1. The lowest BCUT2D eigenvalue weighted by Gasteiger charge is -2.50. The minimum absolute atomic E-state index is 0.0219. The van der Waals surface area contributed by atoms with E-state index in [4.69, 9.17) is 21.1 Å². The fourth-order valence-corrected chi connectivity index (χ4v) is 7.63. The van der Waals surface area contributed by atoms with Gasteiger partial charge in [0.1, 0.15) is 5.60 Å². The molecule has 0 unspecified atom stereocenters. The van der Waals surface area contributed by atoms with E-state index in [1.54, 1.807) is 33.5 Å². The summed E-state index contributed by atoms with van der Waals surface area (Å²) < 4.78 is 42.0. The van der Waals surface area contributed by atoms with E-state index >= 15 is 0 Å². The van der Waals surface area contributed by atoms with Crippen LogP contribution in [-0.4, -0.2) is 79.8 Å². The number of hydrogen-bond acceptors (Lipinski definition) is 6. The van der Waals surface area contributed by atoms with Crippen molar-refractivity contribution in [2.75, 3.05) is 32.8 Å². The highest BCUT2D eigenvalue weighted by Crippen LogP contribution is 2.51. The molecule has 0 bridgehead atoms. The summed E-state index contributed by atoms with van der Waals surface area (Å²) in [7, 11) is -3.89. The number of morpholine rings is 1. The van der Waals surface area contributed by atoms with Crippen LogP contribution in [0.2, 0.25) is 5.02 Å².